The minimum Gasteiger partial charge on any atom is -0.314 e. The van der Waals surface area contributed by atoms with E-state index in [2.05, 4.69) is 5.32 Å². The van der Waals surface area contributed by atoms with Gasteiger partial charge in [-0.15, -0.1) is 12.4 Å². The Kier molecular flexibility index (Phi) is 5.89. The first kappa shape index (κ1) is 18.0. The Morgan fingerprint density at radius 1 is 1.22 bits per heavy atom. The first-order valence-corrected chi connectivity index (χ1v) is 7.33. The molecule has 0 bridgehead atoms. The number of hydrogen-bond donors (Lipinski definition) is 1. The highest BCUT2D eigenvalue weighted by Crippen LogP contribution is 2.34. The number of alkyl halides is 1. The van der Waals surface area contributed by atoms with Gasteiger partial charge in [0.2, 0.25) is 0 Å². The van der Waals surface area contributed by atoms with Crippen LogP contribution >= 0.6 is 12.4 Å². The van der Waals surface area contributed by atoms with E-state index in [1.165, 1.54) is 12.1 Å². The van der Waals surface area contributed by atoms with Crippen molar-refractivity contribution in [3.8, 4) is 0 Å². The lowest BCUT2D eigenvalue weighted by molar-refractivity contribution is -0.184. The van der Waals surface area contributed by atoms with Crippen LogP contribution in [0.2, 0.25) is 0 Å². The summed E-state index contributed by atoms with van der Waals surface area (Å²) in [6, 6.07) is 2.55. The molecule has 3 atom stereocenters. The average molecular weight is 351 g/mol. The smallest absolute Gasteiger partial charge is 0.252 e. The van der Waals surface area contributed by atoms with Gasteiger partial charge in [-0.25, -0.2) is 18.2 Å². The van der Waals surface area contributed by atoms with Gasteiger partial charge in [-0.05, 0) is 30.7 Å². The summed E-state index contributed by atoms with van der Waals surface area (Å²) in [4.78, 5) is 17.8. The number of hydroxylamine groups is 2. The summed E-state index contributed by atoms with van der Waals surface area (Å²) >= 11 is 0. The third-order valence-electron chi connectivity index (χ3n) is 4.12. The lowest BCUT2D eigenvalue weighted by atomic mass is 9.94. The SMILES string of the molecule is Cl.O=C([C@@H]1CCNC[C@H]1F)N1OCCC1c1cc(F)cc(F)c1. The summed E-state index contributed by atoms with van der Waals surface area (Å²) in [5.74, 6) is -2.65. The molecule has 128 valence electrons. The van der Waals surface area contributed by atoms with Crippen molar-refractivity contribution in [3.05, 3.63) is 35.4 Å². The van der Waals surface area contributed by atoms with E-state index in [-0.39, 0.29) is 25.6 Å². The molecule has 0 aliphatic carbocycles. The predicted octanol–water partition coefficient (Wildman–Crippen LogP) is 2.54. The van der Waals surface area contributed by atoms with Crippen LogP contribution in [0.1, 0.15) is 24.4 Å². The van der Waals surface area contributed by atoms with Gasteiger partial charge < -0.3 is 5.32 Å². The molecule has 3 rings (SSSR count). The molecule has 1 N–H and O–H groups in total. The number of amides is 1. The van der Waals surface area contributed by atoms with Gasteiger partial charge in [0.15, 0.2) is 0 Å². The number of rotatable bonds is 2. The number of nitrogens with zero attached hydrogens (tertiary/aromatic N) is 1. The van der Waals surface area contributed by atoms with Gasteiger partial charge in [-0.2, -0.15) is 0 Å². The molecule has 1 amide bonds. The zero-order chi connectivity index (χ0) is 15.7. The molecule has 1 unspecified atom stereocenters. The number of piperidine rings is 1. The van der Waals surface area contributed by atoms with Crippen molar-refractivity contribution in [3.63, 3.8) is 0 Å². The van der Waals surface area contributed by atoms with Crippen molar-refractivity contribution < 1.29 is 22.8 Å². The standard InChI is InChI=1S/C15H17F3N2O2.ClH/c16-10-5-9(6-11(17)7-10)14-2-4-22-20(14)15(21)12-1-3-19-8-13(12)18;/h5-7,12-14,19H,1-4,8H2;1H/t12-,13-,14?;/m1./s1. The maximum Gasteiger partial charge on any atom is 0.252 e. The highest BCUT2D eigenvalue weighted by molar-refractivity contribution is 5.85. The summed E-state index contributed by atoms with van der Waals surface area (Å²) in [6.45, 7) is 0.948. The van der Waals surface area contributed by atoms with Gasteiger partial charge in [0, 0.05) is 19.0 Å². The largest absolute Gasteiger partial charge is 0.314 e. The zero-order valence-corrected chi connectivity index (χ0v) is 13.1. The van der Waals surface area contributed by atoms with Crippen LogP contribution in [0.25, 0.3) is 0 Å². The van der Waals surface area contributed by atoms with Crippen molar-refractivity contribution in [2.45, 2.75) is 25.1 Å². The van der Waals surface area contributed by atoms with Gasteiger partial charge in [0.05, 0.1) is 18.6 Å². The normalized spacial score (nSPS) is 27.6. The van der Waals surface area contributed by atoms with Crippen LogP contribution < -0.4 is 5.32 Å². The summed E-state index contributed by atoms with van der Waals surface area (Å²) in [5.41, 5.74) is 0.327. The third-order valence-corrected chi connectivity index (χ3v) is 4.12. The Hall–Kier alpha value is -1.31. The van der Waals surface area contributed by atoms with Crippen molar-refractivity contribution in [1.29, 1.82) is 0 Å². The Morgan fingerprint density at radius 2 is 1.91 bits per heavy atom. The van der Waals surface area contributed by atoms with Crippen molar-refractivity contribution in [1.82, 2.24) is 10.4 Å². The number of nitrogens with one attached hydrogen (secondary N) is 1. The Labute approximate surface area is 138 Å². The first-order valence-electron chi connectivity index (χ1n) is 7.33. The number of halogens is 4. The molecule has 2 heterocycles. The topological polar surface area (TPSA) is 41.6 Å². The van der Waals surface area contributed by atoms with E-state index in [9.17, 15) is 18.0 Å². The molecular formula is C15H18ClF3N2O2. The second kappa shape index (κ2) is 7.51. The van der Waals surface area contributed by atoms with Crippen molar-refractivity contribution in [2.75, 3.05) is 19.7 Å². The maximum absolute atomic E-state index is 13.9. The van der Waals surface area contributed by atoms with E-state index < -0.39 is 35.7 Å². The summed E-state index contributed by atoms with van der Waals surface area (Å²) in [6.07, 6.45) is -0.476. The fourth-order valence-corrected chi connectivity index (χ4v) is 3.02. The molecule has 1 aromatic rings. The molecule has 4 nitrogen and oxygen atoms in total. The van der Waals surface area contributed by atoms with Crippen LogP contribution in [0.5, 0.6) is 0 Å². The number of benzene rings is 1. The van der Waals surface area contributed by atoms with Gasteiger partial charge >= 0.3 is 0 Å². The second-order valence-electron chi connectivity index (χ2n) is 5.62. The number of hydrogen-bond acceptors (Lipinski definition) is 3. The molecule has 2 fully saturated rings. The minimum absolute atomic E-state index is 0. The molecule has 0 radical (unpaired) electrons. The fraction of sp³-hybridized carbons (Fsp3) is 0.533. The molecular weight excluding hydrogens is 333 g/mol. The quantitative estimate of drug-likeness (QED) is 0.891. The predicted molar refractivity (Wildman–Crippen MR) is 79.6 cm³/mol. The monoisotopic (exact) mass is 350 g/mol. The van der Waals surface area contributed by atoms with Gasteiger partial charge in [-0.1, -0.05) is 0 Å². The van der Waals surface area contributed by atoms with Gasteiger partial charge in [-0.3, -0.25) is 9.63 Å². The van der Waals surface area contributed by atoms with Gasteiger partial charge in [0.1, 0.15) is 17.8 Å². The van der Waals surface area contributed by atoms with Crippen LogP contribution in [0.3, 0.4) is 0 Å². The minimum atomic E-state index is -1.28. The van der Waals surface area contributed by atoms with E-state index in [1.807, 2.05) is 0 Å². The fourth-order valence-electron chi connectivity index (χ4n) is 3.02. The average Bonchev–Trinajstić information content (AvgIpc) is 2.95. The molecule has 2 aliphatic heterocycles. The van der Waals surface area contributed by atoms with E-state index >= 15 is 0 Å². The Morgan fingerprint density at radius 3 is 2.57 bits per heavy atom. The Bertz CT molecular complexity index is 555. The molecule has 2 saturated heterocycles. The Balaban J connectivity index is 0.00000192. The second-order valence-corrected chi connectivity index (χ2v) is 5.62. The number of carbonyl (C=O) groups is 1. The molecule has 0 saturated carbocycles. The molecule has 8 heteroatoms. The van der Waals surface area contributed by atoms with Crippen LogP contribution in [-0.4, -0.2) is 36.8 Å². The van der Waals surface area contributed by atoms with Crippen LogP contribution in [-0.2, 0) is 9.63 Å². The van der Waals surface area contributed by atoms with E-state index in [4.69, 9.17) is 4.84 Å². The first-order chi connectivity index (χ1) is 10.6. The summed E-state index contributed by atoms with van der Waals surface area (Å²) in [5, 5.41) is 3.98. The van der Waals surface area contributed by atoms with E-state index in [1.54, 1.807) is 0 Å². The van der Waals surface area contributed by atoms with Crippen molar-refractivity contribution in [2.24, 2.45) is 5.92 Å². The maximum atomic E-state index is 13.9. The van der Waals surface area contributed by atoms with E-state index in [0.717, 1.165) is 11.1 Å². The van der Waals surface area contributed by atoms with Crippen LogP contribution in [0, 0.1) is 17.6 Å². The van der Waals surface area contributed by atoms with Crippen LogP contribution in [0.15, 0.2) is 18.2 Å². The summed E-state index contributed by atoms with van der Waals surface area (Å²) in [7, 11) is 0. The lowest BCUT2D eigenvalue weighted by Gasteiger charge is -2.31. The van der Waals surface area contributed by atoms with Crippen LogP contribution in [0.4, 0.5) is 13.2 Å². The van der Waals surface area contributed by atoms with Crippen molar-refractivity contribution >= 4 is 18.3 Å². The third kappa shape index (κ3) is 3.79. The molecule has 1 aromatic carbocycles. The zero-order valence-electron chi connectivity index (χ0n) is 12.3. The highest BCUT2D eigenvalue weighted by atomic mass is 35.5. The van der Waals surface area contributed by atoms with Gasteiger partial charge in [0.25, 0.3) is 5.91 Å². The molecule has 2 aliphatic rings. The molecule has 0 aromatic heterocycles. The molecule has 23 heavy (non-hydrogen) atoms. The highest BCUT2D eigenvalue weighted by Gasteiger charge is 2.40. The molecule has 0 spiro atoms. The summed E-state index contributed by atoms with van der Waals surface area (Å²) < 4.78 is 40.7. The van der Waals surface area contributed by atoms with E-state index in [0.29, 0.717) is 24.9 Å². The number of carbonyl (C=O) groups excluding carboxylic acids is 1. The lowest BCUT2D eigenvalue weighted by Crippen LogP contribution is -2.46.